The summed E-state index contributed by atoms with van der Waals surface area (Å²) in [6.45, 7) is 2.45. The van der Waals surface area contributed by atoms with Gasteiger partial charge in [-0.15, -0.1) is 0 Å². The van der Waals surface area contributed by atoms with Gasteiger partial charge in [0.05, 0.1) is 6.67 Å². The Bertz CT molecular complexity index is 454. The van der Waals surface area contributed by atoms with E-state index in [1.807, 2.05) is 0 Å². The molecule has 2 saturated heterocycles. The zero-order valence-electron chi connectivity index (χ0n) is 10.1. The maximum atomic E-state index is 12.2. The summed E-state index contributed by atoms with van der Waals surface area (Å²) in [6, 6.07) is 8.39. The summed E-state index contributed by atoms with van der Waals surface area (Å²) >= 11 is 2.30. The largest absolute Gasteiger partial charge is 0.339 e. The molecule has 2 N–H and O–H groups in total. The molecule has 0 saturated carbocycles. The van der Waals surface area contributed by atoms with Gasteiger partial charge in [0, 0.05) is 9.26 Å². The predicted molar refractivity (Wildman–Crippen MR) is 79.5 cm³/mol. The van der Waals surface area contributed by atoms with Crippen LogP contribution in [0.25, 0.3) is 0 Å². The van der Waals surface area contributed by atoms with Gasteiger partial charge in [0.1, 0.15) is 5.54 Å². The van der Waals surface area contributed by atoms with Gasteiger partial charge in [0.25, 0.3) is 0 Å². The first-order valence-corrected chi connectivity index (χ1v) is 7.32. The van der Waals surface area contributed by atoms with E-state index in [0.717, 1.165) is 31.6 Å². The molecule has 2 heterocycles. The average molecular weight is 357 g/mol. The minimum Gasteiger partial charge on any atom is -0.339 e. The van der Waals surface area contributed by atoms with Crippen LogP contribution in [0.2, 0.25) is 0 Å². The lowest BCUT2D eigenvalue weighted by Gasteiger charge is -2.40. The van der Waals surface area contributed by atoms with Crippen molar-refractivity contribution in [2.24, 2.45) is 0 Å². The lowest BCUT2D eigenvalue weighted by molar-refractivity contribution is -0.124. The molecule has 96 valence electrons. The maximum Gasteiger partial charge on any atom is 0.247 e. The minimum atomic E-state index is -0.335. The highest BCUT2D eigenvalue weighted by Crippen LogP contribution is 2.34. The lowest BCUT2D eigenvalue weighted by Crippen LogP contribution is -2.55. The van der Waals surface area contributed by atoms with Crippen molar-refractivity contribution < 1.29 is 4.79 Å². The molecule has 1 spiro atoms. The molecule has 0 aromatic heterocycles. The van der Waals surface area contributed by atoms with Crippen LogP contribution in [0.15, 0.2) is 24.3 Å². The first-order chi connectivity index (χ1) is 8.72. The second-order valence-corrected chi connectivity index (χ2v) is 6.10. The van der Waals surface area contributed by atoms with Crippen LogP contribution in [0.1, 0.15) is 12.8 Å². The summed E-state index contributed by atoms with van der Waals surface area (Å²) in [5.41, 5.74) is 0.800. The molecule has 0 unspecified atom stereocenters. The van der Waals surface area contributed by atoms with Crippen LogP contribution in [0.3, 0.4) is 0 Å². The molecule has 2 aliphatic rings. The topological polar surface area (TPSA) is 44.4 Å². The van der Waals surface area contributed by atoms with E-state index in [2.05, 4.69) is 62.4 Å². The zero-order chi connectivity index (χ0) is 12.6. The van der Waals surface area contributed by atoms with Crippen molar-refractivity contribution in [3.05, 3.63) is 27.8 Å². The summed E-state index contributed by atoms with van der Waals surface area (Å²) in [6.07, 6.45) is 1.76. The van der Waals surface area contributed by atoms with Gasteiger partial charge < -0.3 is 15.5 Å². The number of carbonyl (C=O) groups excluding carboxylic acids is 1. The molecule has 0 radical (unpaired) electrons. The quantitative estimate of drug-likeness (QED) is 0.745. The van der Waals surface area contributed by atoms with Crippen molar-refractivity contribution in [3.63, 3.8) is 0 Å². The van der Waals surface area contributed by atoms with Gasteiger partial charge in [0.2, 0.25) is 5.91 Å². The van der Waals surface area contributed by atoms with Crippen molar-refractivity contribution in [3.8, 4) is 0 Å². The molecule has 2 fully saturated rings. The van der Waals surface area contributed by atoms with Crippen LogP contribution in [-0.2, 0) is 4.79 Å². The first-order valence-electron chi connectivity index (χ1n) is 6.25. The third-order valence-corrected chi connectivity index (χ3v) is 4.63. The molecule has 4 nitrogen and oxygen atoms in total. The van der Waals surface area contributed by atoms with Crippen LogP contribution in [0, 0.1) is 3.57 Å². The molecular formula is C13H16IN3O. The molecule has 1 aromatic rings. The fraction of sp³-hybridized carbons (Fsp3) is 0.462. The Morgan fingerprint density at radius 2 is 1.83 bits per heavy atom. The zero-order valence-corrected chi connectivity index (χ0v) is 12.2. The third-order valence-electron chi connectivity index (χ3n) is 3.91. The lowest BCUT2D eigenvalue weighted by atomic mass is 9.86. The van der Waals surface area contributed by atoms with Crippen LogP contribution in [0.4, 0.5) is 5.69 Å². The van der Waals surface area contributed by atoms with E-state index in [9.17, 15) is 4.79 Å². The molecule has 5 heteroatoms. The van der Waals surface area contributed by atoms with Gasteiger partial charge in [0.15, 0.2) is 0 Å². The normalized spacial score (nSPS) is 22.3. The fourth-order valence-electron chi connectivity index (χ4n) is 2.89. The second kappa shape index (κ2) is 4.70. The fourth-order valence-corrected chi connectivity index (χ4v) is 3.25. The van der Waals surface area contributed by atoms with Crippen molar-refractivity contribution >= 4 is 34.2 Å². The number of halogens is 1. The van der Waals surface area contributed by atoms with Crippen molar-refractivity contribution in [1.82, 2.24) is 10.6 Å². The number of hydrogen-bond donors (Lipinski definition) is 2. The molecule has 1 amide bonds. The summed E-state index contributed by atoms with van der Waals surface area (Å²) in [7, 11) is 0. The molecule has 0 bridgehead atoms. The molecular weight excluding hydrogens is 341 g/mol. The van der Waals surface area contributed by atoms with Crippen LogP contribution in [0.5, 0.6) is 0 Å². The predicted octanol–water partition coefficient (Wildman–Crippen LogP) is 1.31. The number of hydrogen-bond acceptors (Lipinski definition) is 3. The summed E-state index contributed by atoms with van der Waals surface area (Å²) < 4.78 is 1.22. The van der Waals surface area contributed by atoms with Crippen molar-refractivity contribution in [2.45, 2.75) is 18.4 Å². The Morgan fingerprint density at radius 3 is 2.50 bits per heavy atom. The average Bonchev–Trinajstić information content (AvgIpc) is 2.70. The van der Waals surface area contributed by atoms with Gasteiger partial charge in [-0.25, -0.2) is 0 Å². The van der Waals surface area contributed by atoms with Crippen molar-refractivity contribution in [2.75, 3.05) is 24.7 Å². The highest BCUT2D eigenvalue weighted by molar-refractivity contribution is 14.1. The van der Waals surface area contributed by atoms with E-state index < -0.39 is 0 Å². The van der Waals surface area contributed by atoms with Crippen molar-refractivity contribution in [1.29, 1.82) is 0 Å². The van der Waals surface area contributed by atoms with Gasteiger partial charge >= 0.3 is 0 Å². The highest BCUT2D eigenvalue weighted by Gasteiger charge is 2.48. The third kappa shape index (κ3) is 1.89. The van der Waals surface area contributed by atoms with Crippen LogP contribution < -0.4 is 15.5 Å². The summed E-state index contributed by atoms with van der Waals surface area (Å²) in [4.78, 5) is 14.4. The summed E-state index contributed by atoms with van der Waals surface area (Å²) in [5, 5.41) is 6.33. The number of nitrogens with one attached hydrogen (secondary N) is 2. The number of nitrogens with zero attached hydrogens (tertiary/aromatic N) is 1. The summed E-state index contributed by atoms with van der Waals surface area (Å²) in [5.74, 6) is 0.183. The van der Waals surface area contributed by atoms with E-state index in [4.69, 9.17) is 0 Å². The number of benzene rings is 1. The Hall–Kier alpha value is -0.820. The number of carbonyl (C=O) groups is 1. The molecule has 2 aliphatic heterocycles. The van der Waals surface area contributed by atoms with Crippen LogP contribution in [-0.4, -0.2) is 31.2 Å². The number of piperidine rings is 1. The molecule has 18 heavy (non-hydrogen) atoms. The van der Waals surface area contributed by atoms with Gasteiger partial charge in [-0.2, -0.15) is 0 Å². The van der Waals surface area contributed by atoms with E-state index in [1.54, 1.807) is 0 Å². The van der Waals surface area contributed by atoms with Gasteiger partial charge in [-0.1, -0.05) is 0 Å². The highest BCUT2D eigenvalue weighted by atomic mass is 127. The van der Waals surface area contributed by atoms with E-state index in [-0.39, 0.29) is 11.4 Å². The van der Waals surface area contributed by atoms with Gasteiger partial charge in [-0.3, -0.25) is 4.79 Å². The SMILES string of the molecule is O=C1NCN(c2ccc(I)cc2)C12CCNCC2. The number of rotatable bonds is 1. The molecule has 0 aliphatic carbocycles. The van der Waals surface area contributed by atoms with E-state index in [1.165, 1.54) is 3.57 Å². The Morgan fingerprint density at radius 1 is 1.17 bits per heavy atom. The second-order valence-electron chi connectivity index (χ2n) is 4.85. The maximum absolute atomic E-state index is 12.2. The van der Waals surface area contributed by atoms with E-state index >= 15 is 0 Å². The van der Waals surface area contributed by atoms with E-state index in [0.29, 0.717) is 6.67 Å². The first kappa shape index (κ1) is 12.2. The Kier molecular flexibility index (Phi) is 3.19. The smallest absolute Gasteiger partial charge is 0.247 e. The number of anilines is 1. The minimum absolute atomic E-state index is 0.183. The molecule has 1 aromatic carbocycles. The number of amides is 1. The van der Waals surface area contributed by atoms with Gasteiger partial charge in [-0.05, 0) is 72.8 Å². The van der Waals surface area contributed by atoms with Crippen LogP contribution >= 0.6 is 22.6 Å². The Balaban J connectivity index is 1.95. The monoisotopic (exact) mass is 357 g/mol. The molecule has 3 rings (SSSR count). The Labute approximate surface area is 120 Å². The standard InChI is InChI=1S/C13H16IN3O/c14-10-1-3-11(4-2-10)17-9-16-12(18)13(17)5-7-15-8-6-13/h1-4,15H,5-9H2,(H,16,18). The molecule has 0 atom stereocenters.